The van der Waals surface area contributed by atoms with Gasteiger partial charge < -0.3 is 19.9 Å². The van der Waals surface area contributed by atoms with E-state index in [0.29, 0.717) is 17.1 Å². The van der Waals surface area contributed by atoms with E-state index in [4.69, 9.17) is 9.47 Å². The Hall–Kier alpha value is -3.35. The Morgan fingerprint density at radius 1 is 1.08 bits per heavy atom. The van der Waals surface area contributed by atoms with Gasteiger partial charge in [-0.25, -0.2) is 4.79 Å². The van der Waals surface area contributed by atoms with Gasteiger partial charge in [0, 0.05) is 18.9 Å². The molecule has 7 nitrogen and oxygen atoms in total. The van der Waals surface area contributed by atoms with Crippen LogP contribution in [0, 0.1) is 0 Å². The van der Waals surface area contributed by atoms with E-state index in [2.05, 4.69) is 5.32 Å². The molecule has 0 unspecified atom stereocenters. The summed E-state index contributed by atoms with van der Waals surface area (Å²) in [6.07, 6.45) is 0.0800. The first-order chi connectivity index (χ1) is 12.4. The average Bonchev–Trinajstić information content (AvgIpc) is 2.61. The summed E-state index contributed by atoms with van der Waals surface area (Å²) in [7, 11) is 1.50. The number of methoxy groups -OCH3 is 1. The fraction of sp³-hybridized carbons (Fsp3) is 0.211. The summed E-state index contributed by atoms with van der Waals surface area (Å²) in [5.74, 6) is -1.30. The Kier molecular flexibility index (Phi) is 6.32. The molecular formula is C19H19NO6. The van der Waals surface area contributed by atoms with E-state index in [1.807, 2.05) is 0 Å². The van der Waals surface area contributed by atoms with Gasteiger partial charge in [-0.2, -0.15) is 0 Å². The lowest BCUT2D eigenvalue weighted by Crippen LogP contribution is -2.42. The van der Waals surface area contributed by atoms with Crippen LogP contribution in [-0.4, -0.2) is 36.1 Å². The van der Waals surface area contributed by atoms with Crippen molar-refractivity contribution in [2.75, 3.05) is 7.11 Å². The van der Waals surface area contributed by atoms with E-state index in [9.17, 15) is 19.5 Å². The van der Waals surface area contributed by atoms with Crippen molar-refractivity contribution in [3.8, 4) is 11.5 Å². The maximum absolute atomic E-state index is 12.3. The third-order valence-electron chi connectivity index (χ3n) is 3.60. The molecule has 0 bridgehead atoms. The van der Waals surface area contributed by atoms with Crippen LogP contribution in [-0.2, 0) is 16.0 Å². The number of carboxylic acid groups (broad SMARTS) is 1. The number of carbonyl (C=O) groups is 3. The molecule has 0 saturated heterocycles. The number of ether oxygens (including phenoxy) is 2. The van der Waals surface area contributed by atoms with Gasteiger partial charge in [0.1, 0.15) is 17.5 Å². The molecule has 2 rings (SSSR count). The molecule has 0 aliphatic carbocycles. The van der Waals surface area contributed by atoms with Crippen LogP contribution in [0.4, 0.5) is 0 Å². The molecule has 2 aromatic carbocycles. The third kappa shape index (κ3) is 5.07. The Labute approximate surface area is 150 Å². The molecule has 1 amide bonds. The highest BCUT2D eigenvalue weighted by Gasteiger charge is 2.22. The monoisotopic (exact) mass is 357 g/mol. The van der Waals surface area contributed by atoms with Crippen LogP contribution in [0.1, 0.15) is 22.8 Å². The number of nitrogens with one attached hydrogen (secondary N) is 1. The van der Waals surface area contributed by atoms with E-state index < -0.39 is 23.9 Å². The second-order valence-corrected chi connectivity index (χ2v) is 5.50. The van der Waals surface area contributed by atoms with E-state index in [1.165, 1.54) is 38.3 Å². The fourth-order valence-corrected chi connectivity index (χ4v) is 2.37. The normalized spacial score (nSPS) is 11.3. The van der Waals surface area contributed by atoms with Gasteiger partial charge >= 0.3 is 11.9 Å². The summed E-state index contributed by atoms with van der Waals surface area (Å²) in [5, 5.41) is 11.9. The lowest BCUT2D eigenvalue weighted by atomic mass is 10.0. The molecule has 0 spiro atoms. The Morgan fingerprint density at radius 3 is 2.31 bits per heavy atom. The van der Waals surface area contributed by atoms with Crippen molar-refractivity contribution in [2.45, 2.75) is 19.4 Å². The summed E-state index contributed by atoms with van der Waals surface area (Å²) < 4.78 is 10.1. The number of carbonyl (C=O) groups excluding carboxylic acids is 2. The van der Waals surface area contributed by atoms with Crippen LogP contribution >= 0.6 is 0 Å². The predicted octanol–water partition coefficient (Wildman–Crippen LogP) is 2.05. The van der Waals surface area contributed by atoms with Gasteiger partial charge in [0.25, 0.3) is 5.91 Å². The topological polar surface area (TPSA) is 102 Å². The highest BCUT2D eigenvalue weighted by atomic mass is 16.5. The molecule has 0 fully saturated rings. The van der Waals surface area contributed by atoms with Crippen molar-refractivity contribution in [2.24, 2.45) is 0 Å². The first-order valence-electron chi connectivity index (χ1n) is 7.84. The van der Waals surface area contributed by atoms with Crippen molar-refractivity contribution in [3.05, 3.63) is 59.7 Å². The standard InChI is InChI=1S/C19H19NO6/c1-12(21)26-15-9-7-13(8-10-15)18(22)20-16(19(23)24)11-14-5-3-4-6-17(14)25-2/h3-10,16H,11H2,1-2H3,(H,20,22)(H,23,24)/t16-/m1/s1. The maximum Gasteiger partial charge on any atom is 0.326 e. The van der Waals surface area contributed by atoms with E-state index in [0.717, 1.165) is 0 Å². The molecule has 2 N–H and O–H groups in total. The van der Waals surface area contributed by atoms with Crippen molar-refractivity contribution in [1.82, 2.24) is 5.32 Å². The second-order valence-electron chi connectivity index (χ2n) is 5.50. The molecule has 7 heteroatoms. The van der Waals surface area contributed by atoms with Crippen molar-refractivity contribution in [1.29, 1.82) is 0 Å². The zero-order chi connectivity index (χ0) is 19.1. The van der Waals surface area contributed by atoms with Crippen LogP contribution in [0.25, 0.3) is 0 Å². The Balaban J connectivity index is 2.10. The number of hydrogen-bond donors (Lipinski definition) is 2. The number of aliphatic carboxylic acids is 1. The summed E-state index contributed by atoms with van der Waals surface area (Å²) >= 11 is 0. The predicted molar refractivity (Wildman–Crippen MR) is 93.3 cm³/mol. The van der Waals surface area contributed by atoms with Crippen LogP contribution in [0.3, 0.4) is 0 Å². The van der Waals surface area contributed by atoms with Crippen LogP contribution in [0.5, 0.6) is 11.5 Å². The average molecular weight is 357 g/mol. The van der Waals surface area contributed by atoms with Gasteiger partial charge in [-0.05, 0) is 35.9 Å². The maximum atomic E-state index is 12.3. The lowest BCUT2D eigenvalue weighted by molar-refractivity contribution is -0.139. The van der Waals surface area contributed by atoms with Crippen molar-refractivity contribution < 1.29 is 29.0 Å². The second kappa shape index (κ2) is 8.66. The number of amides is 1. The van der Waals surface area contributed by atoms with E-state index >= 15 is 0 Å². The smallest absolute Gasteiger partial charge is 0.326 e. The molecule has 0 aliphatic rings. The minimum absolute atomic E-state index is 0.0800. The van der Waals surface area contributed by atoms with Crippen LogP contribution < -0.4 is 14.8 Å². The lowest BCUT2D eigenvalue weighted by Gasteiger charge is -2.16. The highest BCUT2D eigenvalue weighted by molar-refractivity contribution is 5.96. The fourth-order valence-electron chi connectivity index (χ4n) is 2.37. The number of rotatable bonds is 7. The number of hydrogen-bond acceptors (Lipinski definition) is 5. The third-order valence-corrected chi connectivity index (χ3v) is 3.60. The highest BCUT2D eigenvalue weighted by Crippen LogP contribution is 2.19. The first kappa shape index (κ1) is 19.0. The number of carboxylic acids is 1. The van der Waals surface area contributed by atoms with Crippen LogP contribution in [0.15, 0.2) is 48.5 Å². The molecule has 1 atom stereocenters. The van der Waals surface area contributed by atoms with E-state index in [1.54, 1.807) is 24.3 Å². The quantitative estimate of drug-likeness (QED) is 0.581. The molecule has 136 valence electrons. The Morgan fingerprint density at radius 2 is 1.73 bits per heavy atom. The molecular weight excluding hydrogens is 338 g/mol. The molecule has 0 aromatic heterocycles. The molecule has 0 radical (unpaired) electrons. The van der Waals surface area contributed by atoms with Crippen molar-refractivity contribution >= 4 is 17.8 Å². The summed E-state index contributed by atoms with van der Waals surface area (Å²) in [6, 6.07) is 11.7. The Bertz CT molecular complexity index is 800. The van der Waals surface area contributed by atoms with Gasteiger partial charge in [0.05, 0.1) is 7.11 Å². The number of benzene rings is 2. The van der Waals surface area contributed by atoms with Gasteiger partial charge in [0.15, 0.2) is 0 Å². The summed E-state index contributed by atoms with van der Waals surface area (Å²) in [5.41, 5.74) is 0.931. The molecule has 0 saturated carbocycles. The molecule has 0 aliphatic heterocycles. The largest absolute Gasteiger partial charge is 0.496 e. The SMILES string of the molecule is COc1ccccc1C[C@@H](NC(=O)c1ccc(OC(C)=O)cc1)C(=O)O. The van der Waals surface area contributed by atoms with Crippen molar-refractivity contribution in [3.63, 3.8) is 0 Å². The number of para-hydroxylation sites is 1. The molecule has 2 aromatic rings. The van der Waals surface area contributed by atoms with E-state index in [-0.39, 0.29) is 12.0 Å². The summed E-state index contributed by atoms with van der Waals surface area (Å²) in [6.45, 7) is 1.27. The minimum atomic E-state index is -1.15. The van der Waals surface area contributed by atoms with Gasteiger partial charge in [-0.15, -0.1) is 0 Å². The van der Waals surface area contributed by atoms with Gasteiger partial charge in [-0.1, -0.05) is 18.2 Å². The molecule has 26 heavy (non-hydrogen) atoms. The zero-order valence-corrected chi connectivity index (χ0v) is 14.4. The zero-order valence-electron chi connectivity index (χ0n) is 14.4. The van der Waals surface area contributed by atoms with Crippen LogP contribution in [0.2, 0.25) is 0 Å². The first-order valence-corrected chi connectivity index (χ1v) is 7.84. The molecule has 0 heterocycles. The van der Waals surface area contributed by atoms with Gasteiger partial charge in [-0.3, -0.25) is 9.59 Å². The number of esters is 1. The summed E-state index contributed by atoms with van der Waals surface area (Å²) in [4.78, 5) is 34.8. The van der Waals surface area contributed by atoms with Gasteiger partial charge in [0.2, 0.25) is 0 Å². The minimum Gasteiger partial charge on any atom is -0.496 e.